The highest BCUT2D eigenvalue weighted by molar-refractivity contribution is 9.10. The van der Waals surface area contributed by atoms with Crippen molar-refractivity contribution >= 4 is 27.7 Å². The summed E-state index contributed by atoms with van der Waals surface area (Å²) >= 11 is 3.54. The molecule has 1 aliphatic heterocycles. The molecule has 1 aromatic heterocycles. The van der Waals surface area contributed by atoms with Gasteiger partial charge in [-0.05, 0) is 66.2 Å². The number of nitrogens with zero attached hydrogens (tertiary/aromatic N) is 4. The fraction of sp³-hybridized carbons (Fsp3) is 0.261. The average molecular weight is 467 g/mol. The molecule has 1 aliphatic rings. The monoisotopic (exact) mass is 466 g/mol. The van der Waals surface area contributed by atoms with Crippen LogP contribution in [0.15, 0.2) is 59.1 Å². The third kappa shape index (κ3) is 3.89. The van der Waals surface area contributed by atoms with Gasteiger partial charge in [0.15, 0.2) is 0 Å². The van der Waals surface area contributed by atoms with Crippen LogP contribution in [0, 0.1) is 13.8 Å². The molecule has 0 saturated carbocycles. The molecule has 154 valence electrons. The van der Waals surface area contributed by atoms with Crippen LogP contribution >= 0.6 is 15.9 Å². The van der Waals surface area contributed by atoms with Crippen LogP contribution in [0.3, 0.4) is 0 Å². The van der Waals surface area contributed by atoms with Crippen molar-refractivity contribution in [3.63, 3.8) is 0 Å². The normalized spacial score (nSPS) is 14.1. The summed E-state index contributed by atoms with van der Waals surface area (Å²) in [7, 11) is 0. The van der Waals surface area contributed by atoms with Crippen LogP contribution < -0.4 is 0 Å². The van der Waals surface area contributed by atoms with E-state index >= 15 is 0 Å². The second-order valence-corrected chi connectivity index (χ2v) is 8.19. The molecule has 0 aliphatic carbocycles. The fourth-order valence-electron chi connectivity index (χ4n) is 3.68. The van der Waals surface area contributed by atoms with Gasteiger partial charge in [-0.25, -0.2) is 4.68 Å². The highest BCUT2D eigenvalue weighted by Gasteiger charge is 2.25. The third-order valence-corrected chi connectivity index (χ3v) is 6.58. The van der Waals surface area contributed by atoms with Crippen molar-refractivity contribution in [3.8, 4) is 5.69 Å². The molecule has 0 bridgehead atoms. The maximum Gasteiger partial charge on any atom is 0.253 e. The van der Waals surface area contributed by atoms with E-state index in [9.17, 15) is 9.59 Å². The predicted octanol–water partition coefficient (Wildman–Crippen LogP) is 3.85. The Balaban J connectivity index is 1.41. The van der Waals surface area contributed by atoms with E-state index in [4.69, 9.17) is 0 Å². The first kappa shape index (κ1) is 20.3. The Bertz CT molecular complexity index is 1070. The van der Waals surface area contributed by atoms with Crippen LogP contribution in [0.4, 0.5) is 0 Å². The predicted molar refractivity (Wildman–Crippen MR) is 119 cm³/mol. The zero-order valence-corrected chi connectivity index (χ0v) is 18.6. The Kier molecular flexibility index (Phi) is 5.72. The van der Waals surface area contributed by atoms with Crippen molar-refractivity contribution in [1.29, 1.82) is 0 Å². The number of carbonyl (C=O) groups is 2. The molecule has 1 saturated heterocycles. The van der Waals surface area contributed by atoms with Crippen molar-refractivity contribution in [1.82, 2.24) is 19.6 Å². The standard InChI is InChI=1S/C23H23BrN4O2/c1-16-21(24)17(2)28(25-16)20-10-8-19(9-11-20)23(30)27-14-12-26(13-15-27)22(29)18-6-4-3-5-7-18/h3-11H,12-15H2,1-2H3. The molecule has 2 heterocycles. The zero-order chi connectivity index (χ0) is 21.3. The Hall–Kier alpha value is -2.93. The van der Waals surface area contributed by atoms with Crippen LogP contribution in [-0.4, -0.2) is 57.6 Å². The smallest absolute Gasteiger partial charge is 0.253 e. The molecule has 3 aromatic rings. The number of benzene rings is 2. The highest BCUT2D eigenvalue weighted by Crippen LogP contribution is 2.23. The minimum absolute atomic E-state index is 0.0112. The average Bonchev–Trinajstić information content (AvgIpc) is 3.06. The van der Waals surface area contributed by atoms with Crippen molar-refractivity contribution in [2.24, 2.45) is 0 Å². The Morgan fingerprint density at radius 1 is 0.800 bits per heavy atom. The number of carbonyl (C=O) groups excluding carboxylic acids is 2. The highest BCUT2D eigenvalue weighted by atomic mass is 79.9. The van der Waals surface area contributed by atoms with Gasteiger partial charge in [-0.15, -0.1) is 0 Å². The summed E-state index contributed by atoms with van der Waals surface area (Å²) in [6.45, 7) is 6.09. The Morgan fingerprint density at radius 2 is 1.30 bits per heavy atom. The van der Waals surface area contributed by atoms with Crippen LogP contribution in [-0.2, 0) is 0 Å². The van der Waals surface area contributed by atoms with E-state index in [0.29, 0.717) is 37.3 Å². The molecule has 0 spiro atoms. The lowest BCUT2D eigenvalue weighted by Crippen LogP contribution is -2.50. The van der Waals surface area contributed by atoms with Crippen LogP contribution in [0.1, 0.15) is 32.1 Å². The number of piperazine rings is 1. The minimum Gasteiger partial charge on any atom is -0.335 e. The van der Waals surface area contributed by atoms with Gasteiger partial charge in [-0.3, -0.25) is 9.59 Å². The van der Waals surface area contributed by atoms with Gasteiger partial charge in [0, 0.05) is 37.3 Å². The molecular weight excluding hydrogens is 444 g/mol. The summed E-state index contributed by atoms with van der Waals surface area (Å²) in [4.78, 5) is 29.1. The molecule has 30 heavy (non-hydrogen) atoms. The number of aryl methyl sites for hydroxylation is 1. The summed E-state index contributed by atoms with van der Waals surface area (Å²) in [5.41, 5.74) is 4.18. The number of hydrogen-bond acceptors (Lipinski definition) is 3. The summed E-state index contributed by atoms with van der Waals surface area (Å²) in [6, 6.07) is 16.8. The first-order chi connectivity index (χ1) is 14.5. The van der Waals surface area contributed by atoms with E-state index in [0.717, 1.165) is 21.5 Å². The van der Waals surface area contributed by atoms with Gasteiger partial charge < -0.3 is 9.80 Å². The second-order valence-electron chi connectivity index (χ2n) is 7.39. The van der Waals surface area contributed by atoms with Gasteiger partial charge in [0.1, 0.15) is 0 Å². The number of aromatic nitrogens is 2. The summed E-state index contributed by atoms with van der Waals surface area (Å²) < 4.78 is 2.85. The molecule has 2 amide bonds. The Labute approximate surface area is 184 Å². The van der Waals surface area contributed by atoms with Gasteiger partial charge in [0.2, 0.25) is 0 Å². The van der Waals surface area contributed by atoms with Gasteiger partial charge in [0.25, 0.3) is 11.8 Å². The molecule has 0 N–H and O–H groups in total. The minimum atomic E-state index is -0.0112. The lowest BCUT2D eigenvalue weighted by Gasteiger charge is -2.35. The maximum atomic E-state index is 12.9. The number of amides is 2. The van der Waals surface area contributed by atoms with Gasteiger partial charge in [-0.1, -0.05) is 18.2 Å². The molecule has 0 atom stereocenters. The molecule has 0 radical (unpaired) electrons. The van der Waals surface area contributed by atoms with E-state index in [1.807, 2.05) is 82.9 Å². The molecule has 4 rings (SSSR count). The van der Waals surface area contributed by atoms with Crippen molar-refractivity contribution in [2.45, 2.75) is 13.8 Å². The van der Waals surface area contributed by atoms with Gasteiger partial charge >= 0.3 is 0 Å². The van der Waals surface area contributed by atoms with Crippen LogP contribution in [0.2, 0.25) is 0 Å². The Morgan fingerprint density at radius 3 is 1.77 bits per heavy atom. The van der Waals surface area contributed by atoms with Crippen molar-refractivity contribution < 1.29 is 9.59 Å². The molecule has 7 heteroatoms. The fourth-order valence-corrected chi connectivity index (χ4v) is 3.93. The van der Waals surface area contributed by atoms with Gasteiger partial charge in [0.05, 0.1) is 21.5 Å². The first-order valence-corrected chi connectivity index (χ1v) is 10.7. The topological polar surface area (TPSA) is 58.4 Å². The quantitative estimate of drug-likeness (QED) is 0.588. The van der Waals surface area contributed by atoms with Crippen LogP contribution in [0.5, 0.6) is 0 Å². The van der Waals surface area contributed by atoms with E-state index in [1.165, 1.54) is 0 Å². The SMILES string of the molecule is Cc1nn(-c2ccc(C(=O)N3CCN(C(=O)c4ccccc4)CC3)cc2)c(C)c1Br. The second kappa shape index (κ2) is 8.44. The molecule has 2 aromatic carbocycles. The number of halogens is 1. The molecular formula is C23H23BrN4O2. The van der Waals surface area contributed by atoms with E-state index in [1.54, 1.807) is 0 Å². The van der Waals surface area contributed by atoms with E-state index in [2.05, 4.69) is 21.0 Å². The summed E-state index contributed by atoms with van der Waals surface area (Å²) in [5.74, 6) is 0.00556. The van der Waals surface area contributed by atoms with Gasteiger partial charge in [-0.2, -0.15) is 5.10 Å². The van der Waals surface area contributed by atoms with E-state index in [-0.39, 0.29) is 11.8 Å². The van der Waals surface area contributed by atoms with Crippen molar-refractivity contribution in [2.75, 3.05) is 26.2 Å². The molecule has 1 fully saturated rings. The number of hydrogen-bond donors (Lipinski definition) is 0. The third-order valence-electron chi connectivity index (χ3n) is 5.44. The summed E-state index contributed by atoms with van der Waals surface area (Å²) in [5, 5.41) is 4.53. The lowest BCUT2D eigenvalue weighted by molar-refractivity contribution is 0.0535. The summed E-state index contributed by atoms with van der Waals surface area (Å²) in [6.07, 6.45) is 0. The number of rotatable bonds is 3. The first-order valence-electron chi connectivity index (χ1n) is 9.91. The zero-order valence-electron chi connectivity index (χ0n) is 17.0. The molecule has 0 unspecified atom stereocenters. The van der Waals surface area contributed by atoms with Crippen molar-refractivity contribution in [3.05, 3.63) is 81.6 Å². The van der Waals surface area contributed by atoms with Crippen LogP contribution in [0.25, 0.3) is 5.69 Å². The molecule has 6 nitrogen and oxygen atoms in total. The lowest BCUT2D eigenvalue weighted by atomic mass is 10.1. The maximum absolute atomic E-state index is 12.9. The largest absolute Gasteiger partial charge is 0.335 e. The van der Waals surface area contributed by atoms with E-state index < -0.39 is 0 Å².